The topological polar surface area (TPSA) is 73.5 Å². The second-order valence-corrected chi connectivity index (χ2v) is 9.92. The van der Waals surface area contributed by atoms with E-state index >= 15 is 0 Å². The van der Waals surface area contributed by atoms with E-state index in [-0.39, 0.29) is 28.2 Å². The van der Waals surface area contributed by atoms with Gasteiger partial charge in [-0.3, -0.25) is 14.4 Å². The largest absolute Gasteiger partial charge is 0.337 e. The lowest BCUT2D eigenvalue weighted by Crippen LogP contribution is -2.39. The molecule has 4 rings (SSSR count). The van der Waals surface area contributed by atoms with Crippen molar-refractivity contribution in [2.24, 2.45) is 5.41 Å². The lowest BCUT2D eigenvalue weighted by molar-refractivity contribution is 0.0759. The van der Waals surface area contributed by atoms with Crippen molar-refractivity contribution in [1.29, 1.82) is 0 Å². The number of benzene rings is 1. The summed E-state index contributed by atoms with van der Waals surface area (Å²) < 4.78 is 0. The average Bonchev–Trinajstić information content (AvgIpc) is 2.98. The van der Waals surface area contributed by atoms with Gasteiger partial charge >= 0.3 is 0 Å². The zero-order chi connectivity index (χ0) is 22.7. The lowest BCUT2D eigenvalue weighted by atomic mass is 9.75. The number of aromatic nitrogens is 1. The summed E-state index contributed by atoms with van der Waals surface area (Å²) in [7, 11) is 0. The molecule has 1 saturated heterocycles. The van der Waals surface area contributed by atoms with E-state index in [0.29, 0.717) is 37.2 Å². The standard InChI is InChI=1S/C26H33N3O3/c1-26(2)17-22-20(23(30)18-26)16-21(24(31)27-22)25(32)29-13-7-12-28(14-15-29)11-6-10-19-8-4-3-5-9-19/h3-5,8-9,16H,6-7,10-15,17-18H2,1-2H3,(H,27,31). The highest BCUT2D eigenvalue weighted by Crippen LogP contribution is 2.33. The van der Waals surface area contributed by atoms with Crippen LogP contribution in [0.2, 0.25) is 0 Å². The van der Waals surface area contributed by atoms with Gasteiger partial charge in [-0.25, -0.2) is 0 Å². The van der Waals surface area contributed by atoms with Gasteiger partial charge in [0.2, 0.25) is 0 Å². The van der Waals surface area contributed by atoms with Gasteiger partial charge in [0, 0.05) is 37.3 Å². The minimum atomic E-state index is -0.386. The number of hydrogen-bond acceptors (Lipinski definition) is 4. The molecule has 6 nitrogen and oxygen atoms in total. The molecule has 0 saturated carbocycles. The first-order valence-corrected chi connectivity index (χ1v) is 11.7. The smallest absolute Gasteiger partial charge is 0.261 e. The van der Waals surface area contributed by atoms with E-state index in [1.807, 2.05) is 19.9 Å². The Balaban J connectivity index is 1.38. The highest BCUT2D eigenvalue weighted by Gasteiger charge is 2.33. The van der Waals surface area contributed by atoms with E-state index in [1.165, 1.54) is 11.6 Å². The van der Waals surface area contributed by atoms with Crippen molar-refractivity contribution in [3.8, 4) is 0 Å². The van der Waals surface area contributed by atoms with Crippen molar-refractivity contribution in [1.82, 2.24) is 14.8 Å². The minimum absolute atomic E-state index is 0.00186. The molecule has 0 unspecified atom stereocenters. The van der Waals surface area contributed by atoms with Gasteiger partial charge in [0.1, 0.15) is 5.56 Å². The van der Waals surface area contributed by atoms with Crippen molar-refractivity contribution in [3.05, 3.63) is 69.1 Å². The van der Waals surface area contributed by atoms with Crippen molar-refractivity contribution < 1.29 is 9.59 Å². The minimum Gasteiger partial charge on any atom is -0.337 e. The molecule has 2 aromatic rings. The number of fused-ring (bicyclic) bond motifs is 1. The first-order chi connectivity index (χ1) is 15.3. The van der Waals surface area contributed by atoms with Crippen molar-refractivity contribution in [2.45, 2.75) is 46.0 Å². The molecule has 170 valence electrons. The van der Waals surface area contributed by atoms with Crippen molar-refractivity contribution in [2.75, 3.05) is 32.7 Å². The van der Waals surface area contributed by atoms with Gasteiger partial charge in [-0.1, -0.05) is 44.2 Å². The number of H-pyrrole nitrogens is 1. The van der Waals surface area contributed by atoms with Crippen LogP contribution in [0.15, 0.2) is 41.2 Å². The Morgan fingerprint density at radius 1 is 1.03 bits per heavy atom. The second kappa shape index (κ2) is 9.41. The molecule has 0 bridgehead atoms. The predicted molar refractivity (Wildman–Crippen MR) is 125 cm³/mol. The van der Waals surface area contributed by atoms with Crippen LogP contribution in [0.3, 0.4) is 0 Å². The quantitative estimate of drug-likeness (QED) is 0.782. The molecule has 0 radical (unpaired) electrons. The number of Topliss-reactive ketones (excluding diaryl/α,β-unsaturated/α-hetero) is 1. The summed E-state index contributed by atoms with van der Waals surface area (Å²) in [5, 5.41) is 0. The van der Waals surface area contributed by atoms with E-state index in [9.17, 15) is 14.4 Å². The average molecular weight is 436 g/mol. The number of carbonyl (C=O) groups is 2. The maximum Gasteiger partial charge on any atom is 0.261 e. The van der Waals surface area contributed by atoms with E-state index in [0.717, 1.165) is 38.9 Å². The van der Waals surface area contributed by atoms with Gasteiger partial charge in [-0.2, -0.15) is 0 Å². The number of carbonyl (C=O) groups excluding carboxylic acids is 2. The number of aromatic amines is 1. The van der Waals surface area contributed by atoms with Crippen LogP contribution in [0, 0.1) is 5.41 Å². The van der Waals surface area contributed by atoms with Crippen molar-refractivity contribution in [3.63, 3.8) is 0 Å². The van der Waals surface area contributed by atoms with E-state index in [1.54, 1.807) is 4.90 Å². The summed E-state index contributed by atoms with van der Waals surface area (Å²) in [6, 6.07) is 12.0. The van der Waals surface area contributed by atoms with Gasteiger partial charge in [0.15, 0.2) is 5.78 Å². The van der Waals surface area contributed by atoms with Crippen LogP contribution in [0.1, 0.15) is 65.1 Å². The fourth-order valence-electron chi connectivity index (χ4n) is 4.91. The molecule has 2 aliphatic rings. The number of hydrogen-bond donors (Lipinski definition) is 1. The number of nitrogens with zero attached hydrogens (tertiary/aromatic N) is 2. The SMILES string of the molecule is CC1(C)CC(=O)c2cc(C(=O)N3CCCN(CCCc4ccccc4)CC3)c(=O)[nH]c2C1. The molecule has 0 atom stereocenters. The van der Waals surface area contributed by atoms with E-state index < -0.39 is 0 Å². The van der Waals surface area contributed by atoms with Crippen molar-refractivity contribution >= 4 is 11.7 Å². The van der Waals surface area contributed by atoms with Crippen LogP contribution in [-0.4, -0.2) is 59.2 Å². The fraction of sp³-hybridized carbons (Fsp3) is 0.500. The predicted octanol–water partition coefficient (Wildman–Crippen LogP) is 3.31. The van der Waals surface area contributed by atoms with E-state index in [2.05, 4.69) is 34.1 Å². The Hall–Kier alpha value is -2.73. The molecular weight excluding hydrogens is 402 g/mol. The highest BCUT2D eigenvalue weighted by atomic mass is 16.2. The molecule has 0 spiro atoms. The Morgan fingerprint density at radius 3 is 2.59 bits per heavy atom. The summed E-state index contributed by atoms with van der Waals surface area (Å²) in [5.74, 6) is -0.264. The Labute approximate surface area is 189 Å². The number of pyridine rings is 1. The van der Waals surface area contributed by atoms with Gasteiger partial charge in [-0.05, 0) is 55.8 Å². The zero-order valence-electron chi connectivity index (χ0n) is 19.2. The third-order valence-electron chi connectivity index (χ3n) is 6.61. The molecular formula is C26H33N3O3. The van der Waals surface area contributed by atoms with Gasteiger partial charge in [-0.15, -0.1) is 0 Å². The summed E-state index contributed by atoms with van der Waals surface area (Å²) in [6.45, 7) is 8.03. The number of ketones is 1. The van der Waals surface area contributed by atoms with Crippen LogP contribution < -0.4 is 5.56 Å². The molecule has 32 heavy (non-hydrogen) atoms. The normalized spacial score (nSPS) is 18.8. The number of rotatable bonds is 5. The van der Waals surface area contributed by atoms with Gasteiger partial charge in [0.25, 0.3) is 11.5 Å². The maximum absolute atomic E-state index is 13.2. The highest BCUT2D eigenvalue weighted by molar-refractivity contribution is 6.02. The Bertz CT molecular complexity index is 1040. The monoisotopic (exact) mass is 435 g/mol. The van der Waals surface area contributed by atoms with Gasteiger partial charge in [0.05, 0.1) is 0 Å². The van der Waals surface area contributed by atoms with E-state index in [4.69, 9.17) is 0 Å². The third-order valence-corrected chi connectivity index (χ3v) is 6.61. The van der Waals surface area contributed by atoms with Crippen LogP contribution in [0.25, 0.3) is 0 Å². The summed E-state index contributed by atoms with van der Waals surface area (Å²) in [5.41, 5.74) is 2.05. The maximum atomic E-state index is 13.2. The first-order valence-electron chi connectivity index (χ1n) is 11.7. The number of nitrogens with one attached hydrogen (secondary N) is 1. The zero-order valence-corrected chi connectivity index (χ0v) is 19.2. The summed E-state index contributed by atoms with van der Waals surface area (Å²) in [4.78, 5) is 45.5. The molecule has 1 N–H and O–H groups in total. The van der Waals surface area contributed by atoms with Crippen LogP contribution in [0.4, 0.5) is 0 Å². The number of amides is 1. The Kier molecular flexibility index (Phi) is 6.60. The van der Waals surface area contributed by atoms with Crippen LogP contribution in [-0.2, 0) is 12.8 Å². The lowest BCUT2D eigenvalue weighted by Gasteiger charge is -2.30. The Morgan fingerprint density at radius 2 is 1.81 bits per heavy atom. The molecule has 1 aromatic carbocycles. The van der Waals surface area contributed by atoms with Crippen LogP contribution >= 0.6 is 0 Å². The molecule has 2 heterocycles. The molecule has 6 heteroatoms. The first kappa shape index (κ1) is 22.5. The molecule has 1 aliphatic heterocycles. The molecule has 1 aliphatic carbocycles. The number of aryl methyl sites for hydroxylation is 1. The summed E-state index contributed by atoms with van der Waals surface area (Å²) in [6.07, 6.45) is 4.09. The second-order valence-electron chi connectivity index (χ2n) is 9.92. The van der Waals surface area contributed by atoms with Gasteiger partial charge < -0.3 is 14.8 Å². The molecule has 1 fully saturated rings. The fourth-order valence-corrected chi connectivity index (χ4v) is 4.91. The van der Waals surface area contributed by atoms with Crippen LogP contribution in [0.5, 0.6) is 0 Å². The third kappa shape index (κ3) is 5.18. The molecule has 1 aromatic heterocycles. The summed E-state index contributed by atoms with van der Waals surface area (Å²) >= 11 is 0. The molecule has 1 amide bonds.